The van der Waals surface area contributed by atoms with Crippen LogP contribution < -0.4 is 4.90 Å². The minimum absolute atomic E-state index is 0.0703. The summed E-state index contributed by atoms with van der Waals surface area (Å²) >= 11 is 6.43. The number of carbonyl (C=O) groups is 1. The maximum absolute atomic E-state index is 12.7. The third-order valence-electron chi connectivity index (χ3n) is 4.98. The van der Waals surface area contributed by atoms with Crippen LogP contribution in [0.1, 0.15) is 30.9 Å². The molecule has 24 heavy (non-hydrogen) atoms. The van der Waals surface area contributed by atoms with E-state index < -0.39 is 12.1 Å². The van der Waals surface area contributed by atoms with Gasteiger partial charge in [-0.25, -0.2) is 0 Å². The Balaban J connectivity index is 1.90. The Hall–Kier alpha value is -1.43. The zero-order valence-corrected chi connectivity index (χ0v) is 14.3. The fourth-order valence-corrected chi connectivity index (χ4v) is 4.02. The van der Waals surface area contributed by atoms with E-state index in [1.807, 2.05) is 12.1 Å². The van der Waals surface area contributed by atoms with Gasteiger partial charge in [0.25, 0.3) is 0 Å². The van der Waals surface area contributed by atoms with Gasteiger partial charge >= 0.3 is 12.1 Å². The van der Waals surface area contributed by atoms with Crippen LogP contribution in [0.2, 0.25) is 5.02 Å². The molecule has 2 aliphatic heterocycles. The maximum atomic E-state index is 12.7. The lowest BCUT2D eigenvalue weighted by Crippen LogP contribution is -2.42. The Morgan fingerprint density at radius 1 is 1.21 bits per heavy atom. The lowest BCUT2D eigenvalue weighted by Gasteiger charge is -2.28. The predicted molar refractivity (Wildman–Crippen MR) is 87.5 cm³/mol. The van der Waals surface area contributed by atoms with Gasteiger partial charge in [0.05, 0.1) is 10.7 Å². The van der Waals surface area contributed by atoms with Gasteiger partial charge in [-0.3, -0.25) is 4.79 Å². The molecule has 1 fully saturated rings. The number of nitrogens with zero attached hydrogens (tertiary/aromatic N) is 2. The monoisotopic (exact) mass is 360 g/mol. The zero-order valence-electron chi connectivity index (χ0n) is 13.5. The Kier molecular flexibility index (Phi) is 4.69. The number of anilines is 1. The Bertz CT molecular complexity index is 647. The highest BCUT2D eigenvalue weighted by Gasteiger charge is 2.42. The fourth-order valence-electron chi connectivity index (χ4n) is 3.74. The topological polar surface area (TPSA) is 23.6 Å². The molecular formula is C17H20ClF3N2O. The van der Waals surface area contributed by atoms with Gasteiger partial charge in [0.1, 0.15) is 0 Å². The molecule has 132 valence electrons. The summed E-state index contributed by atoms with van der Waals surface area (Å²) in [6.07, 6.45) is -1.83. The number of fused-ring (bicyclic) bond motifs is 1. The summed E-state index contributed by atoms with van der Waals surface area (Å²) in [5.74, 6) is -1.75. The molecule has 2 heterocycles. The standard InChI is InChI=1S/C17H20ClF3N2O/c1-11-3-2-8-23(11)15-13-7-10-22(16(24)17(19,20)21)9-6-12(13)4-5-14(15)18/h4-5,11H,2-3,6-10H2,1H3. The van der Waals surface area contributed by atoms with E-state index >= 15 is 0 Å². The molecule has 3 nitrogen and oxygen atoms in total. The minimum atomic E-state index is -4.82. The SMILES string of the molecule is CC1CCCN1c1c(Cl)ccc2c1CCN(C(=O)C(F)(F)F)CC2. The van der Waals surface area contributed by atoms with E-state index in [0.29, 0.717) is 23.9 Å². The summed E-state index contributed by atoms with van der Waals surface area (Å²) in [6.45, 7) is 3.20. The van der Waals surface area contributed by atoms with Crippen molar-refractivity contribution in [2.24, 2.45) is 0 Å². The second kappa shape index (κ2) is 6.47. The first-order valence-electron chi connectivity index (χ1n) is 8.22. The van der Waals surface area contributed by atoms with Gasteiger partial charge in [-0.1, -0.05) is 17.7 Å². The Morgan fingerprint density at radius 3 is 2.54 bits per heavy atom. The molecule has 0 spiro atoms. The van der Waals surface area contributed by atoms with Crippen molar-refractivity contribution in [2.75, 3.05) is 24.5 Å². The highest BCUT2D eigenvalue weighted by atomic mass is 35.5. The summed E-state index contributed by atoms with van der Waals surface area (Å²) < 4.78 is 38.1. The van der Waals surface area contributed by atoms with Crippen molar-refractivity contribution < 1.29 is 18.0 Å². The molecule has 3 rings (SSSR count). The summed E-state index contributed by atoms with van der Waals surface area (Å²) in [7, 11) is 0. The summed E-state index contributed by atoms with van der Waals surface area (Å²) in [4.78, 5) is 14.7. The number of alkyl halides is 3. The van der Waals surface area contributed by atoms with E-state index in [0.717, 1.165) is 41.1 Å². The van der Waals surface area contributed by atoms with Crippen LogP contribution in [-0.2, 0) is 17.6 Å². The molecule has 1 saturated heterocycles. The lowest BCUT2D eigenvalue weighted by molar-refractivity contribution is -0.185. The van der Waals surface area contributed by atoms with E-state index in [1.54, 1.807) is 0 Å². The van der Waals surface area contributed by atoms with Gasteiger partial charge in [-0.2, -0.15) is 13.2 Å². The van der Waals surface area contributed by atoms with Crippen molar-refractivity contribution in [2.45, 2.75) is 44.8 Å². The molecule has 7 heteroatoms. The number of carbonyl (C=O) groups excluding carboxylic acids is 1. The second-order valence-electron chi connectivity index (χ2n) is 6.51. The molecule has 1 aromatic rings. The van der Waals surface area contributed by atoms with Crippen LogP contribution in [0.15, 0.2) is 12.1 Å². The first kappa shape index (κ1) is 17.4. The summed E-state index contributed by atoms with van der Waals surface area (Å²) in [6, 6.07) is 4.07. The lowest BCUT2D eigenvalue weighted by atomic mass is 9.99. The quantitative estimate of drug-likeness (QED) is 0.760. The van der Waals surface area contributed by atoms with Crippen LogP contribution >= 0.6 is 11.6 Å². The van der Waals surface area contributed by atoms with Crippen LogP contribution in [0.4, 0.5) is 18.9 Å². The first-order valence-corrected chi connectivity index (χ1v) is 8.60. The number of hydrogen-bond donors (Lipinski definition) is 0. The summed E-state index contributed by atoms with van der Waals surface area (Å²) in [5, 5.41) is 0.637. The van der Waals surface area contributed by atoms with E-state index in [1.165, 1.54) is 0 Å². The van der Waals surface area contributed by atoms with Crippen molar-refractivity contribution in [3.63, 3.8) is 0 Å². The molecule has 1 aromatic carbocycles. The van der Waals surface area contributed by atoms with Gasteiger partial charge in [0.2, 0.25) is 0 Å². The molecule has 1 unspecified atom stereocenters. The average molecular weight is 361 g/mol. The van der Waals surface area contributed by atoms with Gasteiger partial charge in [-0.05, 0) is 49.8 Å². The van der Waals surface area contributed by atoms with Crippen molar-refractivity contribution in [1.29, 1.82) is 0 Å². The fraction of sp³-hybridized carbons (Fsp3) is 0.588. The number of halogens is 4. The van der Waals surface area contributed by atoms with E-state index in [4.69, 9.17) is 11.6 Å². The number of hydrogen-bond acceptors (Lipinski definition) is 2. The van der Waals surface area contributed by atoms with Crippen LogP contribution in [0.3, 0.4) is 0 Å². The molecule has 0 saturated carbocycles. The highest BCUT2D eigenvalue weighted by Crippen LogP contribution is 2.38. The van der Waals surface area contributed by atoms with Gasteiger partial charge in [0.15, 0.2) is 0 Å². The molecule has 0 bridgehead atoms. The first-order chi connectivity index (χ1) is 11.3. The van der Waals surface area contributed by atoms with Crippen LogP contribution in [-0.4, -0.2) is 42.7 Å². The molecule has 1 amide bonds. The number of benzene rings is 1. The molecule has 0 radical (unpaired) electrons. The van der Waals surface area contributed by atoms with Crippen molar-refractivity contribution in [1.82, 2.24) is 4.90 Å². The smallest absolute Gasteiger partial charge is 0.367 e. The van der Waals surface area contributed by atoms with Gasteiger partial charge in [0, 0.05) is 25.7 Å². The minimum Gasteiger partial charge on any atom is -0.367 e. The van der Waals surface area contributed by atoms with E-state index in [2.05, 4.69) is 11.8 Å². The van der Waals surface area contributed by atoms with Crippen molar-refractivity contribution >= 4 is 23.2 Å². The molecule has 0 N–H and O–H groups in total. The van der Waals surface area contributed by atoms with Crippen LogP contribution in [0.5, 0.6) is 0 Å². The van der Waals surface area contributed by atoms with Crippen molar-refractivity contribution in [3.05, 3.63) is 28.3 Å². The molecule has 0 aromatic heterocycles. The molecular weight excluding hydrogens is 341 g/mol. The van der Waals surface area contributed by atoms with E-state index in [-0.39, 0.29) is 13.1 Å². The highest BCUT2D eigenvalue weighted by molar-refractivity contribution is 6.33. The normalized spacial score (nSPS) is 21.6. The van der Waals surface area contributed by atoms with Gasteiger partial charge < -0.3 is 9.80 Å². The third-order valence-corrected chi connectivity index (χ3v) is 5.29. The van der Waals surface area contributed by atoms with Crippen LogP contribution in [0, 0.1) is 0 Å². The van der Waals surface area contributed by atoms with E-state index in [9.17, 15) is 18.0 Å². The zero-order chi connectivity index (χ0) is 17.5. The molecule has 2 aliphatic rings. The Morgan fingerprint density at radius 2 is 1.92 bits per heavy atom. The number of amides is 1. The predicted octanol–water partition coefficient (Wildman–Crippen LogP) is 3.82. The maximum Gasteiger partial charge on any atom is 0.471 e. The Labute approximate surface area is 144 Å². The third kappa shape index (κ3) is 3.21. The summed E-state index contributed by atoms with van der Waals surface area (Å²) in [5.41, 5.74) is 2.93. The average Bonchev–Trinajstić information content (AvgIpc) is 2.81. The van der Waals surface area contributed by atoms with Crippen molar-refractivity contribution in [3.8, 4) is 0 Å². The molecule has 1 atom stereocenters. The second-order valence-corrected chi connectivity index (χ2v) is 6.92. The number of rotatable bonds is 1. The van der Waals surface area contributed by atoms with Crippen LogP contribution in [0.25, 0.3) is 0 Å². The molecule has 0 aliphatic carbocycles. The van der Waals surface area contributed by atoms with Gasteiger partial charge in [-0.15, -0.1) is 0 Å². The largest absolute Gasteiger partial charge is 0.471 e.